The van der Waals surface area contributed by atoms with Crippen molar-refractivity contribution in [2.45, 2.75) is 37.8 Å². The van der Waals surface area contributed by atoms with Crippen LogP contribution in [0.4, 0.5) is 0 Å². The van der Waals surface area contributed by atoms with Gasteiger partial charge in [-0.2, -0.15) is 11.3 Å². The predicted octanol–water partition coefficient (Wildman–Crippen LogP) is 1.84. The fraction of sp³-hybridized carbons (Fsp3) is 0.615. The molecule has 0 saturated heterocycles. The van der Waals surface area contributed by atoms with E-state index in [1.807, 2.05) is 16.8 Å². The Bertz CT molecular complexity index is 386. The van der Waals surface area contributed by atoms with Crippen molar-refractivity contribution in [3.8, 4) is 0 Å². The fourth-order valence-corrected chi connectivity index (χ4v) is 3.10. The standard InChI is InChI=1S/C13H20N2O2S.ClH/c14-11-3-1-2-9(6-11)13(17)15-7-12(16)10-4-5-18-8-10;/h4-5,8-9,11-12,16H,1-3,6-7,14H2,(H,15,17);1H. The van der Waals surface area contributed by atoms with Gasteiger partial charge in [0.25, 0.3) is 0 Å². The first-order valence-corrected chi connectivity index (χ1v) is 7.34. The van der Waals surface area contributed by atoms with Crippen LogP contribution >= 0.6 is 23.7 Å². The van der Waals surface area contributed by atoms with Gasteiger partial charge in [-0.15, -0.1) is 12.4 Å². The molecule has 3 atom stereocenters. The molecule has 19 heavy (non-hydrogen) atoms. The van der Waals surface area contributed by atoms with E-state index in [0.29, 0.717) is 0 Å². The third-order valence-corrected chi connectivity index (χ3v) is 4.18. The maximum atomic E-state index is 11.9. The average Bonchev–Trinajstić information content (AvgIpc) is 2.89. The highest BCUT2D eigenvalue weighted by Gasteiger charge is 2.25. The van der Waals surface area contributed by atoms with Gasteiger partial charge in [-0.3, -0.25) is 4.79 Å². The molecule has 1 aliphatic rings. The van der Waals surface area contributed by atoms with E-state index in [0.717, 1.165) is 31.2 Å². The summed E-state index contributed by atoms with van der Waals surface area (Å²) in [5.74, 6) is 0.0443. The molecule has 1 fully saturated rings. The summed E-state index contributed by atoms with van der Waals surface area (Å²) in [5.41, 5.74) is 6.73. The van der Waals surface area contributed by atoms with Gasteiger partial charge in [0.1, 0.15) is 0 Å². The smallest absolute Gasteiger partial charge is 0.223 e. The Morgan fingerprint density at radius 2 is 2.37 bits per heavy atom. The van der Waals surface area contributed by atoms with Crippen molar-refractivity contribution in [2.24, 2.45) is 11.7 Å². The number of nitrogens with one attached hydrogen (secondary N) is 1. The number of amides is 1. The highest BCUT2D eigenvalue weighted by atomic mass is 35.5. The normalized spacial score (nSPS) is 24.3. The first kappa shape index (κ1) is 16.4. The number of halogens is 1. The van der Waals surface area contributed by atoms with E-state index in [2.05, 4.69) is 5.32 Å². The van der Waals surface area contributed by atoms with Crippen LogP contribution in [0.25, 0.3) is 0 Å². The van der Waals surface area contributed by atoms with Crippen molar-refractivity contribution in [1.29, 1.82) is 0 Å². The second-order valence-corrected chi connectivity index (χ2v) is 5.72. The average molecular weight is 305 g/mol. The number of hydrogen-bond donors (Lipinski definition) is 3. The maximum Gasteiger partial charge on any atom is 0.223 e. The molecule has 1 amide bonds. The third kappa shape index (κ3) is 4.76. The van der Waals surface area contributed by atoms with Crippen LogP contribution in [0.5, 0.6) is 0 Å². The molecule has 4 N–H and O–H groups in total. The number of thiophene rings is 1. The lowest BCUT2D eigenvalue weighted by Crippen LogP contribution is -2.39. The van der Waals surface area contributed by atoms with E-state index in [1.165, 1.54) is 0 Å². The molecule has 4 nitrogen and oxygen atoms in total. The summed E-state index contributed by atoms with van der Waals surface area (Å²) in [5, 5.41) is 16.5. The summed E-state index contributed by atoms with van der Waals surface area (Å²) in [4.78, 5) is 11.9. The van der Waals surface area contributed by atoms with Crippen molar-refractivity contribution in [3.63, 3.8) is 0 Å². The zero-order valence-corrected chi connectivity index (χ0v) is 12.4. The van der Waals surface area contributed by atoms with Gasteiger partial charge < -0.3 is 16.2 Å². The summed E-state index contributed by atoms with van der Waals surface area (Å²) in [6.45, 7) is 0.279. The van der Waals surface area contributed by atoms with Crippen LogP contribution in [-0.4, -0.2) is 23.6 Å². The number of aliphatic hydroxyl groups is 1. The van der Waals surface area contributed by atoms with E-state index < -0.39 is 6.10 Å². The lowest BCUT2D eigenvalue weighted by atomic mass is 9.85. The molecule has 1 saturated carbocycles. The molecule has 6 heteroatoms. The van der Waals surface area contributed by atoms with Gasteiger partial charge in [0.2, 0.25) is 5.91 Å². The first-order chi connectivity index (χ1) is 8.66. The number of carbonyl (C=O) groups is 1. The highest BCUT2D eigenvalue weighted by molar-refractivity contribution is 7.07. The van der Waals surface area contributed by atoms with Gasteiger partial charge in [-0.25, -0.2) is 0 Å². The van der Waals surface area contributed by atoms with E-state index >= 15 is 0 Å². The van der Waals surface area contributed by atoms with Crippen molar-refractivity contribution in [2.75, 3.05) is 6.54 Å². The van der Waals surface area contributed by atoms with Crippen LogP contribution in [0.15, 0.2) is 16.8 Å². The summed E-state index contributed by atoms with van der Waals surface area (Å²) < 4.78 is 0. The van der Waals surface area contributed by atoms with E-state index in [9.17, 15) is 9.90 Å². The van der Waals surface area contributed by atoms with Crippen molar-refractivity contribution in [3.05, 3.63) is 22.4 Å². The van der Waals surface area contributed by atoms with Crippen LogP contribution in [0, 0.1) is 5.92 Å². The molecule has 1 heterocycles. The van der Waals surface area contributed by atoms with Gasteiger partial charge >= 0.3 is 0 Å². The number of nitrogens with two attached hydrogens (primary N) is 1. The van der Waals surface area contributed by atoms with Gasteiger partial charge in [0.05, 0.1) is 6.10 Å². The van der Waals surface area contributed by atoms with Crippen LogP contribution < -0.4 is 11.1 Å². The zero-order chi connectivity index (χ0) is 13.0. The maximum absolute atomic E-state index is 11.9. The van der Waals surface area contributed by atoms with Crippen LogP contribution in [-0.2, 0) is 4.79 Å². The molecule has 2 rings (SSSR count). The molecule has 0 aliphatic heterocycles. The zero-order valence-electron chi connectivity index (χ0n) is 10.7. The van der Waals surface area contributed by atoms with Gasteiger partial charge in [0.15, 0.2) is 0 Å². The quantitative estimate of drug-likeness (QED) is 0.794. The Morgan fingerprint density at radius 3 is 3.00 bits per heavy atom. The molecular weight excluding hydrogens is 284 g/mol. The Kier molecular flexibility index (Phi) is 6.79. The lowest BCUT2D eigenvalue weighted by Gasteiger charge is -2.26. The van der Waals surface area contributed by atoms with Crippen molar-refractivity contribution >= 4 is 29.7 Å². The fourth-order valence-electron chi connectivity index (χ4n) is 2.39. The van der Waals surface area contributed by atoms with E-state index in [1.54, 1.807) is 11.3 Å². The summed E-state index contributed by atoms with van der Waals surface area (Å²) in [6.07, 6.45) is 3.10. The SMILES string of the molecule is Cl.NC1CCCC(C(=O)NCC(O)c2ccsc2)C1. The van der Waals surface area contributed by atoms with Crippen LogP contribution in [0.2, 0.25) is 0 Å². The molecule has 1 aliphatic carbocycles. The molecule has 1 aromatic heterocycles. The highest BCUT2D eigenvalue weighted by Crippen LogP contribution is 2.23. The minimum absolute atomic E-state index is 0. The Balaban J connectivity index is 0.00000180. The molecule has 1 aromatic rings. The molecule has 3 unspecified atom stereocenters. The van der Waals surface area contributed by atoms with Crippen LogP contribution in [0.1, 0.15) is 37.4 Å². The second-order valence-electron chi connectivity index (χ2n) is 4.94. The van der Waals surface area contributed by atoms with Crippen molar-refractivity contribution < 1.29 is 9.90 Å². The molecule has 0 aromatic carbocycles. The lowest BCUT2D eigenvalue weighted by molar-refractivity contribution is -0.126. The second kappa shape index (κ2) is 7.85. The largest absolute Gasteiger partial charge is 0.387 e. The van der Waals surface area contributed by atoms with Gasteiger partial charge in [0, 0.05) is 18.5 Å². The minimum Gasteiger partial charge on any atom is -0.387 e. The Hall–Kier alpha value is -0.620. The van der Waals surface area contributed by atoms with E-state index in [4.69, 9.17) is 5.73 Å². The topological polar surface area (TPSA) is 75.4 Å². The number of hydrogen-bond acceptors (Lipinski definition) is 4. The molecule has 0 bridgehead atoms. The van der Waals surface area contributed by atoms with Crippen molar-refractivity contribution in [1.82, 2.24) is 5.32 Å². The Morgan fingerprint density at radius 1 is 1.58 bits per heavy atom. The summed E-state index contributed by atoms with van der Waals surface area (Å²) >= 11 is 1.54. The number of aliphatic hydroxyl groups excluding tert-OH is 1. The summed E-state index contributed by atoms with van der Waals surface area (Å²) in [7, 11) is 0. The number of carbonyl (C=O) groups excluding carboxylic acids is 1. The monoisotopic (exact) mass is 304 g/mol. The molecule has 0 spiro atoms. The van der Waals surface area contributed by atoms with E-state index in [-0.39, 0.29) is 36.8 Å². The van der Waals surface area contributed by atoms with Gasteiger partial charge in [-0.05, 0) is 41.7 Å². The first-order valence-electron chi connectivity index (χ1n) is 6.40. The van der Waals surface area contributed by atoms with Crippen LogP contribution in [0.3, 0.4) is 0 Å². The minimum atomic E-state index is -0.613. The predicted molar refractivity (Wildman–Crippen MR) is 79.5 cm³/mol. The van der Waals surface area contributed by atoms with Gasteiger partial charge in [-0.1, -0.05) is 6.42 Å². The molecular formula is C13H21ClN2O2S. The Labute approximate surface area is 123 Å². The summed E-state index contributed by atoms with van der Waals surface area (Å²) in [6, 6.07) is 2.02. The molecule has 108 valence electrons. The third-order valence-electron chi connectivity index (χ3n) is 3.48. The molecule has 0 radical (unpaired) electrons. The number of rotatable bonds is 4.